The summed E-state index contributed by atoms with van der Waals surface area (Å²) < 4.78 is 5.75. The average Bonchev–Trinajstić information content (AvgIpc) is 3.13. The molecule has 3 aliphatic rings. The normalized spacial score (nSPS) is 31.2. The number of likely N-dealkylation sites (tertiary alicyclic amines) is 1. The van der Waals surface area contributed by atoms with Crippen molar-refractivity contribution in [3.63, 3.8) is 0 Å². The molecular formula is C16H25N3O2. The minimum atomic E-state index is -0.0106. The van der Waals surface area contributed by atoms with Crippen molar-refractivity contribution in [3.05, 3.63) is 24.3 Å². The Hall–Kier alpha value is -1.33. The number of carbonyl (C=O) groups excluding carboxylic acids is 1. The fraction of sp³-hybridized carbons (Fsp3) is 0.688. The van der Waals surface area contributed by atoms with Crippen molar-refractivity contribution in [2.75, 3.05) is 26.2 Å². The van der Waals surface area contributed by atoms with Gasteiger partial charge in [0, 0.05) is 25.7 Å². The van der Waals surface area contributed by atoms with Gasteiger partial charge in [0.05, 0.1) is 12.2 Å². The van der Waals surface area contributed by atoms with E-state index in [4.69, 9.17) is 4.74 Å². The molecule has 0 saturated carbocycles. The van der Waals surface area contributed by atoms with Crippen LogP contribution in [0.5, 0.6) is 0 Å². The van der Waals surface area contributed by atoms with Crippen LogP contribution in [0.2, 0.25) is 0 Å². The zero-order valence-corrected chi connectivity index (χ0v) is 12.6. The van der Waals surface area contributed by atoms with Gasteiger partial charge in [-0.3, -0.25) is 0 Å². The highest BCUT2D eigenvalue weighted by Crippen LogP contribution is 2.26. The lowest BCUT2D eigenvalue weighted by Gasteiger charge is -2.32. The molecule has 3 saturated heterocycles. The maximum absolute atomic E-state index is 12.2. The standard InChI is InChI=1S/C16H25N3O2/c1-11(12(2)15-4-3-7-17-15)8-18-16(20)19-9-13-5-6-14(10-19)21-13/h13-15,17H,1-10H2,(H,18,20)/t13?,14?,15-/m0/s1. The number of morpholine rings is 1. The van der Waals surface area contributed by atoms with Crippen LogP contribution in [0.25, 0.3) is 0 Å². The van der Waals surface area contributed by atoms with Gasteiger partial charge in [0.1, 0.15) is 0 Å². The lowest BCUT2D eigenvalue weighted by Crippen LogP contribution is -2.50. The van der Waals surface area contributed by atoms with Crippen LogP contribution < -0.4 is 10.6 Å². The number of urea groups is 1. The molecule has 2 unspecified atom stereocenters. The van der Waals surface area contributed by atoms with Crippen LogP contribution in [0.4, 0.5) is 4.79 Å². The summed E-state index contributed by atoms with van der Waals surface area (Å²) in [6.45, 7) is 11.1. The minimum absolute atomic E-state index is 0.0106. The van der Waals surface area contributed by atoms with Gasteiger partial charge in [0.25, 0.3) is 0 Å². The van der Waals surface area contributed by atoms with Crippen LogP contribution in [0.3, 0.4) is 0 Å². The van der Waals surface area contributed by atoms with Crippen molar-refractivity contribution in [3.8, 4) is 0 Å². The van der Waals surface area contributed by atoms with Crippen molar-refractivity contribution >= 4 is 6.03 Å². The summed E-state index contributed by atoms with van der Waals surface area (Å²) in [7, 11) is 0. The first-order valence-electron chi connectivity index (χ1n) is 7.92. The minimum Gasteiger partial charge on any atom is -0.371 e. The smallest absolute Gasteiger partial charge is 0.317 e. The fourth-order valence-electron chi connectivity index (χ4n) is 3.42. The van der Waals surface area contributed by atoms with E-state index in [1.807, 2.05) is 4.90 Å². The average molecular weight is 291 g/mol. The largest absolute Gasteiger partial charge is 0.371 e. The molecule has 2 amide bonds. The van der Waals surface area contributed by atoms with E-state index in [0.717, 1.165) is 37.0 Å². The maximum atomic E-state index is 12.2. The summed E-state index contributed by atoms with van der Waals surface area (Å²) in [5.41, 5.74) is 1.94. The molecule has 3 atom stereocenters. The molecule has 0 aliphatic carbocycles. The van der Waals surface area contributed by atoms with Crippen LogP contribution in [-0.4, -0.2) is 55.4 Å². The molecule has 0 aromatic heterocycles. The van der Waals surface area contributed by atoms with Gasteiger partial charge >= 0.3 is 6.03 Å². The summed E-state index contributed by atoms with van der Waals surface area (Å²) in [4.78, 5) is 14.1. The molecule has 0 aromatic carbocycles. The molecule has 5 heteroatoms. The number of ether oxygens (including phenoxy) is 1. The zero-order chi connectivity index (χ0) is 14.8. The summed E-state index contributed by atoms with van der Waals surface area (Å²) >= 11 is 0. The van der Waals surface area contributed by atoms with Crippen molar-refractivity contribution in [1.82, 2.24) is 15.5 Å². The summed E-state index contributed by atoms with van der Waals surface area (Å²) in [6.07, 6.45) is 4.90. The molecule has 5 nitrogen and oxygen atoms in total. The number of fused-ring (bicyclic) bond motifs is 2. The van der Waals surface area contributed by atoms with Gasteiger partial charge in [0.15, 0.2) is 0 Å². The van der Waals surface area contributed by atoms with Gasteiger partial charge < -0.3 is 20.3 Å². The van der Waals surface area contributed by atoms with Gasteiger partial charge in [-0.25, -0.2) is 4.79 Å². The Labute approximate surface area is 126 Å². The number of amides is 2. The van der Waals surface area contributed by atoms with E-state index in [-0.39, 0.29) is 18.2 Å². The molecule has 0 aromatic rings. The third-order valence-electron chi connectivity index (χ3n) is 4.72. The summed E-state index contributed by atoms with van der Waals surface area (Å²) in [5.74, 6) is 0. The monoisotopic (exact) mass is 291 g/mol. The Morgan fingerprint density at radius 2 is 1.95 bits per heavy atom. The zero-order valence-electron chi connectivity index (χ0n) is 12.6. The Morgan fingerprint density at radius 1 is 1.24 bits per heavy atom. The van der Waals surface area contributed by atoms with E-state index in [2.05, 4.69) is 23.8 Å². The first-order chi connectivity index (χ1) is 10.1. The Balaban J connectivity index is 1.45. The molecule has 0 radical (unpaired) electrons. The molecule has 3 heterocycles. The molecule has 3 fully saturated rings. The second-order valence-electron chi connectivity index (χ2n) is 6.30. The van der Waals surface area contributed by atoms with Gasteiger partial charge in [-0.1, -0.05) is 13.2 Å². The number of rotatable bonds is 4. The number of carbonyl (C=O) groups is 1. The van der Waals surface area contributed by atoms with Gasteiger partial charge in [-0.05, 0) is 43.4 Å². The van der Waals surface area contributed by atoms with E-state index in [1.165, 1.54) is 6.42 Å². The number of nitrogens with one attached hydrogen (secondary N) is 2. The Kier molecular flexibility index (Phi) is 4.31. The third-order valence-corrected chi connectivity index (χ3v) is 4.72. The second-order valence-corrected chi connectivity index (χ2v) is 6.30. The van der Waals surface area contributed by atoms with E-state index in [1.54, 1.807) is 0 Å². The first-order valence-corrected chi connectivity index (χ1v) is 7.92. The molecule has 2 N–H and O–H groups in total. The van der Waals surface area contributed by atoms with Crippen LogP contribution in [-0.2, 0) is 4.74 Å². The Bertz CT molecular complexity index is 431. The van der Waals surface area contributed by atoms with Gasteiger partial charge in [0.2, 0.25) is 0 Å². The lowest BCUT2D eigenvalue weighted by molar-refractivity contribution is -0.0237. The number of hydrogen-bond acceptors (Lipinski definition) is 3. The fourth-order valence-corrected chi connectivity index (χ4v) is 3.42. The SMILES string of the molecule is C=C(CNC(=O)N1CC2CCC(C1)O2)C(=C)[C@@H]1CCCN1. The predicted molar refractivity (Wildman–Crippen MR) is 82.2 cm³/mol. The van der Waals surface area contributed by atoms with E-state index < -0.39 is 0 Å². The Morgan fingerprint density at radius 3 is 2.57 bits per heavy atom. The van der Waals surface area contributed by atoms with Gasteiger partial charge in [-0.2, -0.15) is 0 Å². The highest BCUT2D eigenvalue weighted by atomic mass is 16.5. The quantitative estimate of drug-likeness (QED) is 0.770. The number of hydrogen-bond donors (Lipinski definition) is 2. The van der Waals surface area contributed by atoms with Crippen molar-refractivity contribution in [2.45, 2.75) is 43.9 Å². The van der Waals surface area contributed by atoms with Gasteiger partial charge in [-0.15, -0.1) is 0 Å². The lowest BCUT2D eigenvalue weighted by atomic mass is 10.0. The summed E-state index contributed by atoms with van der Waals surface area (Å²) in [5, 5.41) is 6.38. The second kappa shape index (κ2) is 6.20. The molecule has 2 bridgehead atoms. The van der Waals surface area contributed by atoms with Crippen LogP contribution in [0.1, 0.15) is 25.7 Å². The molecule has 116 valence electrons. The highest BCUT2D eigenvalue weighted by molar-refractivity contribution is 5.74. The maximum Gasteiger partial charge on any atom is 0.317 e. The molecule has 0 spiro atoms. The molecule has 21 heavy (non-hydrogen) atoms. The molecule has 3 rings (SSSR count). The highest BCUT2D eigenvalue weighted by Gasteiger charge is 2.35. The van der Waals surface area contributed by atoms with E-state index >= 15 is 0 Å². The first kappa shape index (κ1) is 14.6. The predicted octanol–water partition coefficient (Wildman–Crippen LogP) is 1.42. The van der Waals surface area contributed by atoms with Crippen molar-refractivity contribution in [2.24, 2.45) is 0 Å². The van der Waals surface area contributed by atoms with Crippen LogP contribution in [0, 0.1) is 0 Å². The number of nitrogens with zero attached hydrogens (tertiary/aromatic N) is 1. The van der Waals surface area contributed by atoms with Crippen LogP contribution >= 0.6 is 0 Å². The van der Waals surface area contributed by atoms with Crippen LogP contribution in [0.15, 0.2) is 24.3 Å². The molecule has 3 aliphatic heterocycles. The van der Waals surface area contributed by atoms with Crippen molar-refractivity contribution in [1.29, 1.82) is 0 Å². The topological polar surface area (TPSA) is 53.6 Å². The molecular weight excluding hydrogens is 266 g/mol. The van der Waals surface area contributed by atoms with E-state index in [9.17, 15) is 4.79 Å². The summed E-state index contributed by atoms with van der Waals surface area (Å²) in [6, 6.07) is 0.317. The van der Waals surface area contributed by atoms with E-state index in [0.29, 0.717) is 25.7 Å². The third kappa shape index (κ3) is 3.30. The van der Waals surface area contributed by atoms with Crippen molar-refractivity contribution < 1.29 is 9.53 Å².